The van der Waals surface area contributed by atoms with Crippen molar-refractivity contribution < 1.29 is 17.9 Å². The van der Waals surface area contributed by atoms with E-state index in [1.807, 2.05) is 29.1 Å². The van der Waals surface area contributed by atoms with Crippen LogP contribution < -0.4 is 14.8 Å². The Morgan fingerprint density at radius 2 is 1.78 bits per heavy atom. The molecule has 32 heavy (non-hydrogen) atoms. The van der Waals surface area contributed by atoms with Crippen molar-refractivity contribution in [2.24, 2.45) is 0 Å². The maximum atomic E-state index is 12.6. The van der Waals surface area contributed by atoms with Gasteiger partial charge >= 0.3 is 0 Å². The summed E-state index contributed by atoms with van der Waals surface area (Å²) >= 11 is 1.10. The fourth-order valence-corrected chi connectivity index (χ4v) is 5.07. The van der Waals surface area contributed by atoms with E-state index in [0.29, 0.717) is 23.1 Å². The van der Waals surface area contributed by atoms with E-state index >= 15 is 0 Å². The Bertz CT molecular complexity index is 1300. The van der Waals surface area contributed by atoms with Gasteiger partial charge in [-0.15, -0.1) is 21.5 Å². The number of ether oxygens (including phenoxy) is 1. The summed E-state index contributed by atoms with van der Waals surface area (Å²) < 4.78 is 35.4. The zero-order valence-electron chi connectivity index (χ0n) is 16.9. The lowest BCUT2D eigenvalue weighted by Crippen LogP contribution is -2.18. The van der Waals surface area contributed by atoms with Gasteiger partial charge in [-0.1, -0.05) is 0 Å². The molecule has 0 fully saturated rings. The Hall–Kier alpha value is -3.70. The zero-order valence-corrected chi connectivity index (χ0v) is 18.6. The molecule has 164 valence electrons. The largest absolute Gasteiger partial charge is 0.438 e. The first-order valence-electron chi connectivity index (χ1n) is 9.50. The van der Waals surface area contributed by atoms with Crippen molar-refractivity contribution in [3.05, 3.63) is 77.9 Å². The Morgan fingerprint density at radius 1 is 1.03 bits per heavy atom. The van der Waals surface area contributed by atoms with E-state index in [2.05, 4.69) is 20.2 Å². The molecule has 11 heteroatoms. The lowest BCUT2D eigenvalue weighted by atomic mass is 10.3. The molecule has 0 unspecified atom stereocenters. The lowest BCUT2D eigenvalue weighted by molar-refractivity contribution is -0.119. The third-order valence-electron chi connectivity index (χ3n) is 4.24. The third kappa shape index (κ3) is 5.31. The predicted molar refractivity (Wildman–Crippen MR) is 121 cm³/mol. The third-order valence-corrected chi connectivity index (χ3v) is 7.20. The Labute approximate surface area is 188 Å². The maximum Gasteiger partial charge on any atom is 0.271 e. The topological polar surface area (TPSA) is 115 Å². The fraction of sp³-hybridized carbons (Fsp3) is 0.0952. The molecular formula is C21H19N5O4S2. The summed E-state index contributed by atoms with van der Waals surface area (Å²) in [5.74, 6) is 1.30. The number of hydrogen-bond acceptors (Lipinski definition) is 7. The molecule has 0 saturated heterocycles. The Kier molecular flexibility index (Phi) is 6.19. The van der Waals surface area contributed by atoms with Crippen molar-refractivity contribution in [2.45, 2.75) is 17.7 Å². The number of nitrogens with zero attached hydrogens (tertiary/aromatic N) is 3. The number of carbonyl (C=O) groups excluding carboxylic acids is 1. The van der Waals surface area contributed by atoms with E-state index in [1.165, 1.54) is 13.0 Å². The molecule has 3 heterocycles. The minimum Gasteiger partial charge on any atom is -0.438 e. The first-order chi connectivity index (χ1) is 15.4. The standard InChI is InChI=1S/C21H19N5O4S2/c1-15(27)22-14-18-8-11-21(31-18)32(28,29)25-16-4-6-17(7-5-16)30-20-10-9-19(23-24-20)26-12-2-3-13-26/h2-13,25H,14H2,1H3,(H,22,27). The molecule has 0 spiro atoms. The summed E-state index contributed by atoms with van der Waals surface area (Å²) in [6, 6.07) is 16.9. The Balaban J connectivity index is 1.38. The number of nitrogens with one attached hydrogen (secondary N) is 2. The maximum absolute atomic E-state index is 12.6. The second-order valence-electron chi connectivity index (χ2n) is 6.68. The molecular weight excluding hydrogens is 450 g/mol. The van der Waals surface area contributed by atoms with Crippen molar-refractivity contribution in [2.75, 3.05) is 4.72 Å². The van der Waals surface area contributed by atoms with E-state index in [1.54, 1.807) is 42.5 Å². The van der Waals surface area contributed by atoms with E-state index < -0.39 is 10.0 Å². The molecule has 4 aromatic rings. The summed E-state index contributed by atoms with van der Waals surface area (Å²) in [4.78, 5) is 11.8. The molecule has 1 aromatic carbocycles. The normalized spacial score (nSPS) is 11.2. The molecule has 0 radical (unpaired) electrons. The number of thiophene rings is 1. The molecule has 0 bridgehead atoms. The molecule has 4 rings (SSSR count). The highest BCUT2D eigenvalue weighted by Gasteiger charge is 2.17. The number of sulfonamides is 1. The number of hydrogen-bond donors (Lipinski definition) is 2. The van der Waals surface area contributed by atoms with Gasteiger partial charge < -0.3 is 14.6 Å². The Morgan fingerprint density at radius 3 is 2.44 bits per heavy atom. The summed E-state index contributed by atoms with van der Waals surface area (Å²) in [5, 5.41) is 10.8. The zero-order chi connectivity index (χ0) is 22.6. The number of anilines is 1. The minimum atomic E-state index is -3.74. The van der Waals surface area contributed by atoms with E-state index in [4.69, 9.17) is 4.74 Å². The molecule has 0 aliphatic heterocycles. The second-order valence-corrected chi connectivity index (χ2v) is 9.76. The number of carbonyl (C=O) groups is 1. The number of rotatable bonds is 8. The predicted octanol–water partition coefficient (Wildman–Crippen LogP) is 3.56. The first-order valence-corrected chi connectivity index (χ1v) is 11.8. The molecule has 3 aromatic heterocycles. The summed E-state index contributed by atoms with van der Waals surface area (Å²) in [6.07, 6.45) is 3.73. The SMILES string of the molecule is CC(=O)NCc1ccc(S(=O)(=O)Nc2ccc(Oc3ccc(-n4cccc4)nn3)cc2)s1. The van der Waals surface area contributed by atoms with Crippen LogP contribution >= 0.6 is 11.3 Å². The van der Waals surface area contributed by atoms with Crippen LogP contribution in [0.25, 0.3) is 5.82 Å². The fourth-order valence-electron chi connectivity index (χ4n) is 2.72. The smallest absolute Gasteiger partial charge is 0.271 e. The van der Waals surface area contributed by atoms with Crippen LogP contribution in [0.2, 0.25) is 0 Å². The summed E-state index contributed by atoms with van der Waals surface area (Å²) in [7, 11) is -3.74. The van der Waals surface area contributed by atoms with Gasteiger partial charge in [-0.05, 0) is 54.6 Å². The minimum absolute atomic E-state index is 0.163. The molecule has 0 aliphatic rings. The first kappa shape index (κ1) is 21.5. The van der Waals surface area contributed by atoms with Gasteiger partial charge in [-0.3, -0.25) is 9.52 Å². The quantitative estimate of drug-likeness (QED) is 0.408. The van der Waals surface area contributed by atoms with Crippen LogP contribution in [-0.2, 0) is 21.4 Å². The number of benzene rings is 1. The van der Waals surface area contributed by atoms with Gasteiger partial charge in [0.1, 0.15) is 9.96 Å². The van der Waals surface area contributed by atoms with Gasteiger partial charge in [0.15, 0.2) is 5.82 Å². The van der Waals surface area contributed by atoms with E-state index in [0.717, 1.165) is 16.2 Å². The molecule has 2 N–H and O–H groups in total. The molecule has 9 nitrogen and oxygen atoms in total. The molecule has 0 aliphatic carbocycles. The van der Waals surface area contributed by atoms with Gasteiger partial charge in [-0.25, -0.2) is 8.42 Å². The van der Waals surface area contributed by atoms with Crippen LogP contribution in [0.5, 0.6) is 11.6 Å². The molecule has 1 amide bonds. The monoisotopic (exact) mass is 469 g/mol. The summed E-state index contributed by atoms with van der Waals surface area (Å²) in [6.45, 7) is 1.70. The second kappa shape index (κ2) is 9.20. The van der Waals surface area contributed by atoms with Crippen LogP contribution in [0.4, 0.5) is 5.69 Å². The van der Waals surface area contributed by atoms with Crippen molar-refractivity contribution in [1.29, 1.82) is 0 Å². The number of amides is 1. The van der Waals surface area contributed by atoms with Gasteiger partial charge in [0.2, 0.25) is 11.8 Å². The lowest BCUT2D eigenvalue weighted by Gasteiger charge is -2.08. The van der Waals surface area contributed by atoms with Crippen LogP contribution in [0, 0.1) is 0 Å². The van der Waals surface area contributed by atoms with Crippen LogP contribution in [-0.4, -0.2) is 29.1 Å². The van der Waals surface area contributed by atoms with Crippen molar-refractivity contribution in [3.63, 3.8) is 0 Å². The highest BCUT2D eigenvalue weighted by atomic mass is 32.2. The van der Waals surface area contributed by atoms with Crippen molar-refractivity contribution >= 4 is 33.0 Å². The van der Waals surface area contributed by atoms with Crippen LogP contribution in [0.1, 0.15) is 11.8 Å². The highest BCUT2D eigenvalue weighted by molar-refractivity contribution is 7.94. The van der Waals surface area contributed by atoms with Gasteiger partial charge in [0.05, 0.1) is 6.54 Å². The van der Waals surface area contributed by atoms with Crippen LogP contribution in [0.3, 0.4) is 0 Å². The van der Waals surface area contributed by atoms with Gasteiger partial charge in [-0.2, -0.15) is 0 Å². The summed E-state index contributed by atoms with van der Waals surface area (Å²) in [5.41, 5.74) is 0.392. The van der Waals surface area contributed by atoms with Gasteiger partial charge in [0.25, 0.3) is 10.0 Å². The van der Waals surface area contributed by atoms with E-state index in [-0.39, 0.29) is 16.7 Å². The van der Waals surface area contributed by atoms with E-state index in [9.17, 15) is 13.2 Å². The average molecular weight is 470 g/mol. The van der Waals surface area contributed by atoms with Gasteiger partial charge in [0, 0.05) is 35.9 Å². The molecule has 0 atom stereocenters. The highest BCUT2D eigenvalue weighted by Crippen LogP contribution is 2.26. The van der Waals surface area contributed by atoms with Crippen molar-refractivity contribution in [1.82, 2.24) is 20.1 Å². The van der Waals surface area contributed by atoms with Crippen molar-refractivity contribution in [3.8, 4) is 17.4 Å². The molecule has 0 saturated carbocycles. The average Bonchev–Trinajstić information content (AvgIpc) is 3.47. The van der Waals surface area contributed by atoms with Crippen LogP contribution in [0.15, 0.2) is 77.3 Å². The number of aromatic nitrogens is 3.